The molecule has 0 unspecified atom stereocenters. The van der Waals surface area contributed by atoms with Crippen molar-refractivity contribution in [3.8, 4) is 23.0 Å². The Morgan fingerprint density at radius 1 is 0.405 bits per heavy atom. The van der Waals surface area contributed by atoms with Crippen molar-refractivity contribution in [2.24, 2.45) is 0 Å². The van der Waals surface area contributed by atoms with Crippen molar-refractivity contribution in [3.05, 3.63) is 70.3 Å². The van der Waals surface area contributed by atoms with Gasteiger partial charge in [-0.3, -0.25) is 0 Å². The van der Waals surface area contributed by atoms with Crippen LogP contribution < -0.4 is 20.9 Å². The summed E-state index contributed by atoms with van der Waals surface area (Å²) in [7, 11) is 0. The Hall–Kier alpha value is -4.19. The lowest BCUT2D eigenvalue weighted by Crippen LogP contribution is -2.19. The summed E-state index contributed by atoms with van der Waals surface area (Å²) in [6.07, 6.45) is -27.9. The van der Waals surface area contributed by atoms with E-state index in [-0.39, 0.29) is 30.3 Å². The van der Waals surface area contributed by atoms with Crippen molar-refractivity contribution in [3.63, 3.8) is 0 Å². The predicted molar refractivity (Wildman–Crippen MR) is 113 cm³/mol. The van der Waals surface area contributed by atoms with Crippen LogP contribution in [0.3, 0.4) is 0 Å². The fourth-order valence-electron chi connectivity index (χ4n) is 3.62. The maximum absolute atomic E-state index is 13.7. The van der Waals surface area contributed by atoms with Gasteiger partial charge in [-0.1, -0.05) is 0 Å². The number of anilines is 2. The van der Waals surface area contributed by atoms with Crippen molar-refractivity contribution in [1.82, 2.24) is 0 Å². The van der Waals surface area contributed by atoms with Gasteiger partial charge in [-0.15, -0.1) is 0 Å². The summed E-state index contributed by atoms with van der Waals surface area (Å²) in [6.45, 7) is 0. The van der Waals surface area contributed by atoms with E-state index in [1.165, 1.54) is 0 Å². The van der Waals surface area contributed by atoms with Gasteiger partial charge in [-0.25, -0.2) is 0 Å². The fourth-order valence-corrected chi connectivity index (χ4v) is 3.62. The lowest BCUT2D eigenvalue weighted by molar-refractivity contribution is -0.161. The molecule has 42 heavy (non-hydrogen) atoms. The molecular weight excluding hydrogens is 621 g/mol. The second-order valence-corrected chi connectivity index (χ2v) is 8.22. The van der Waals surface area contributed by atoms with Crippen molar-refractivity contribution in [1.29, 1.82) is 0 Å². The van der Waals surface area contributed by atoms with E-state index in [1.807, 2.05) is 0 Å². The second kappa shape index (κ2) is 10.3. The van der Waals surface area contributed by atoms with Crippen LogP contribution in [-0.2, 0) is 30.9 Å². The number of alkyl halides is 15. The largest absolute Gasteiger partial charge is 0.457 e. The highest BCUT2D eigenvalue weighted by Gasteiger charge is 2.46. The molecule has 0 aliphatic rings. The van der Waals surface area contributed by atoms with Gasteiger partial charge in [-0.2, -0.15) is 65.9 Å². The topological polar surface area (TPSA) is 70.5 Å². The maximum atomic E-state index is 13.7. The molecule has 3 aromatic rings. The van der Waals surface area contributed by atoms with Gasteiger partial charge in [0.1, 0.15) is 28.6 Å². The van der Waals surface area contributed by atoms with Gasteiger partial charge in [0.15, 0.2) is 0 Å². The highest BCUT2D eigenvalue weighted by atomic mass is 19.4. The number of nitrogens with two attached hydrogens (primary N) is 2. The summed E-state index contributed by atoms with van der Waals surface area (Å²) in [6, 6.07) is 0.968. The summed E-state index contributed by atoms with van der Waals surface area (Å²) in [5.74, 6) is -4.56. The molecule has 0 bridgehead atoms. The van der Waals surface area contributed by atoms with E-state index >= 15 is 0 Å². The minimum atomic E-state index is -5.68. The first-order chi connectivity index (χ1) is 18.8. The van der Waals surface area contributed by atoms with Crippen LogP contribution in [0.2, 0.25) is 0 Å². The zero-order chi connectivity index (χ0) is 32.2. The number of halogens is 15. The molecule has 0 atom stereocenters. The number of hydrogen-bond acceptors (Lipinski definition) is 4. The summed E-state index contributed by atoms with van der Waals surface area (Å²) in [4.78, 5) is 0. The van der Waals surface area contributed by atoms with Crippen LogP contribution in [0.4, 0.5) is 77.2 Å². The first-order valence-corrected chi connectivity index (χ1v) is 10.5. The summed E-state index contributed by atoms with van der Waals surface area (Å²) in [5.41, 5.74) is -4.00. The minimum absolute atomic E-state index is 0.0502. The van der Waals surface area contributed by atoms with Crippen molar-refractivity contribution < 1.29 is 75.3 Å². The lowest BCUT2D eigenvalue weighted by atomic mass is 10.0. The van der Waals surface area contributed by atoms with E-state index in [0.717, 1.165) is 0 Å². The number of nitrogen functional groups attached to an aromatic ring is 2. The van der Waals surface area contributed by atoms with Crippen molar-refractivity contribution in [2.45, 2.75) is 30.9 Å². The number of hydrogen-bond donors (Lipinski definition) is 2. The maximum Gasteiger partial charge on any atom is 0.420 e. The van der Waals surface area contributed by atoms with E-state index in [0.29, 0.717) is 12.1 Å². The molecule has 0 saturated heterocycles. The minimum Gasteiger partial charge on any atom is -0.457 e. The molecule has 4 N–H and O–H groups in total. The molecule has 3 aromatic carbocycles. The molecule has 4 nitrogen and oxygen atoms in total. The van der Waals surface area contributed by atoms with E-state index in [1.54, 1.807) is 0 Å². The normalized spacial score (nSPS) is 13.3. The summed E-state index contributed by atoms with van der Waals surface area (Å²) < 4.78 is 209. The van der Waals surface area contributed by atoms with Crippen molar-refractivity contribution >= 4 is 11.4 Å². The zero-order valence-corrected chi connectivity index (χ0v) is 19.7. The third-order valence-corrected chi connectivity index (χ3v) is 5.18. The van der Waals surface area contributed by atoms with Crippen LogP contribution >= 0.6 is 0 Å². The molecule has 230 valence electrons. The first-order valence-electron chi connectivity index (χ1n) is 10.5. The Kier molecular flexibility index (Phi) is 7.90. The quantitative estimate of drug-likeness (QED) is 0.222. The van der Waals surface area contributed by atoms with E-state index in [4.69, 9.17) is 20.9 Å². The first kappa shape index (κ1) is 32.3. The van der Waals surface area contributed by atoms with Gasteiger partial charge in [0.25, 0.3) is 0 Å². The lowest BCUT2D eigenvalue weighted by Gasteiger charge is -2.21. The smallest absolute Gasteiger partial charge is 0.420 e. The monoisotopic (exact) mass is 632 g/mol. The van der Waals surface area contributed by atoms with Gasteiger partial charge in [0, 0.05) is 23.5 Å². The Labute approximate surface area is 223 Å². The van der Waals surface area contributed by atoms with Crippen LogP contribution in [0, 0.1) is 0 Å². The fraction of sp³-hybridized carbons (Fsp3) is 0.217. The SMILES string of the molecule is Nc1cc(Oc2ccc(Oc3cc(N)c(C(F)(F)F)c(C(F)(F)F)c3)c(C(F)(F)F)c2)cc(C(F)(F)F)c1C(F)(F)F. The molecule has 0 radical (unpaired) electrons. The molecule has 19 heteroatoms. The Bertz CT molecular complexity index is 1480. The Morgan fingerprint density at radius 3 is 1.12 bits per heavy atom. The molecule has 3 rings (SSSR count). The van der Waals surface area contributed by atoms with Crippen LogP contribution in [0.25, 0.3) is 0 Å². The Balaban J connectivity index is 2.09. The highest BCUT2D eigenvalue weighted by Crippen LogP contribution is 2.48. The van der Waals surface area contributed by atoms with E-state index in [2.05, 4.69) is 0 Å². The third kappa shape index (κ3) is 6.99. The molecule has 0 aromatic heterocycles. The molecule has 0 spiro atoms. The van der Waals surface area contributed by atoms with Crippen LogP contribution in [0.15, 0.2) is 42.5 Å². The molecule has 0 fully saturated rings. The zero-order valence-electron chi connectivity index (χ0n) is 19.7. The van der Waals surface area contributed by atoms with Crippen LogP contribution in [-0.4, -0.2) is 0 Å². The highest BCUT2D eigenvalue weighted by molar-refractivity contribution is 5.60. The molecule has 0 heterocycles. The molecule has 0 aliphatic heterocycles. The van der Waals surface area contributed by atoms with E-state index in [9.17, 15) is 65.9 Å². The summed E-state index contributed by atoms with van der Waals surface area (Å²) in [5, 5.41) is 0. The van der Waals surface area contributed by atoms with Gasteiger partial charge in [0.2, 0.25) is 0 Å². The molecule has 0 saturated carbocycles. The van der Waals surface area contributed by atoms with E-state index < -0.39 is 93.1 Å². The van der Waals surface area contributed by atoms with Gasteiger partial charge < -0.3 is 20.9 Å². The molecular formula is C23H11F15N2O2. The standard InChI is InChI=1S/C23H11F15N2O2/c24-19(25,26)11-3-8(41-9-4-12(20(27,28)29)17(14(39)6-9)22(33,34)35)1-2-16(11)42-10-5-13(21(30,31)32)18(15(40)7-10)23(36,37)38/h1-7H,39-40H2. The third-order valence-electron chi connectivity index (χ3n) is 5.18. The number of benzene rings is 3. The van der Waals surface area contributed by atoms with Gasteiger partial charge in [0.05, 0.1) is 22.3 Å². The van der Waals surface area contributed by atoms with Crippen LogP contribution in [0.5, 0.6) is 23.0 Å². The summed E-state index contributed by atoms with van der Waals surface area (Å²) >= 11 is 0. The average molecular weight is 632 g/mol. The average Bonchev–Trinajstić information content (AvgIpc) is 2.75. The van der Waals surface area contributed by atoms with Crippen molar-refractivity contribution in [2.75, 3.05) is 11.5 Å². The molecule has 0 amide bonds. The van der Waals surface area contributed by atoms with Crippen LogP contribution in [0.1, 0.15) is 27.8 Å². The number of ether oxygens (including phenoxy) is 2. The number of rotatable bonds is 4. The van der Waals surface area contributed by atoms with Gasteiger partial charge in [-0.05, 0) is 30.3 Å². The molecule has 0 aliphatic carbocycles. The second-order valence-electron chi connectivity index (χ2n) is 8.22. The Morgan fingerprint density at radius 2 is 0.762 bits per heavy atom. The predicted octanol–water partition coefficient (Wildman–Crippen LogP) is 9.53. The van der Waals surface area contributed by atoms with Gasteiger partial charge >= 0.3 is 30.9 Å².